The maximum atomic E-state index is 12.1. The number of nitrogens with one attached hydrogen (secondary N) is 1. The summed E-state index contributed by atoms with van der Waals surface area (Å²) in [5, 5.41) is 14.0. The molecule has 0 spiro atoms. The molecule has 0 saturated heterocycles. The van der Waals surface area contributed by atoms with Crippen LogP contribution in [0.3, 0.4) is 0 Å². The maximum absolute atomic E-state index is 12.1. The summed E-state index contributed by atoms with van der Waals surface area (Å²) in [5.74, 6) is -0.0433. The fourth-order valence-electron chi connectivity index (χ4n) is 1.99. The lowest BCUT2D eigenvalue weighted by Crippen LogP contribution is -2.21. The van der Waals surface area contributed by atoms with Crippen LogP contribution in [0.1, 0.15) is 26.5 Å². The molecule has 0 bridgehead atoms. The van der Waals surface area contributed by atoms with Gasteiger partial charge in [-0.3, -0.25) is 9.78 Å². The molecule has 119 valence electrons. The number of carbonyl (C=O) groups is 1. The number of carbonyl (C=O) groups excluding carboxylic acids is 1. The van der Waals surface area contributed by atoms with Gasteiger partial charge >= 0.3 is 0 Å². The van der Waals surface area contributed by atoms with E-state index in [1.165, 1.54) is 0 Å². The lowest BCUT2D eigenvalue weighted by molar-refractivity contribution is 0.0965. The minimum Gasteiger partial charge on any atom is -0.508 e. The number of nitrogens with zero attached hydrogens (tertiary/aromatic N) is 1. The lowest BCUT2D eigenvalue weighted by Gasteiger charge is -2.05. The summed E-state index contributed by atoms with van der Waals surface area (Å²) in [6, 6.07) is 14.1. The van der Waals surface area contributed by atoms with Crippen molar-refractivity contribution < 1.29 is 9.90 Å². The van der Waals surface area contributed by atoms with E-state index >= 15 is 0 Å². The van der Waals surface area contributed by atoms with Gasteiger partial charge in [-0.25, -0.2) is 0 Å². The van der Waals surface area contributed by atoms with Gasteiger partial charge in [-0.1, -0.05) is 18.2 Å². The van der Waals surface area contributed by atoms with Crippen molar-refractivity contribution in [3.8, 4) is 5.75 Å². The van der Waals surface area contributed by atoms with Gasteiger partial charge in [0.15, 0.2) is 0 Å². The average Bonchev–Trinajstić information content (AvgIpc) is 3.13. The molecule has 2 aromatic heterocycles. The fraction of sp³-hybridized carbons (Fsp3) is 0. The number of amides is 1. The Morgan fingerprint density at radius 3 is 2.58 bits per heavy atom. The third-order valence-corrected chi connectivity index (χ3v) is 4.11. The van der Waals surface area contributed by atoms with Gasteiger partial charge in [-0.2, -0.15) is 0 Å². The van der Waals surface area contributed by atoms with E-state index in [0.717, 1.165) is 16.1 Å². The van der Waals surface area contributed by atoms with E-state index in [1.807, 2.05) is 29.7 Å². The van der Waals surface area contributed by atoms with Crippen LogP contribution >= 0.6 is 11.3 Å². The number of thiophene rings is 1. The molecule has 2 N–H and O–H groups in total. The van der Waals surface area contributed by atoms with Crippen LogP contribution in [0.4, 0.5) is 0 Å². The first kappa shape index (κ1) is 16.0. The first-order valence-electron chi connectivity index (χ1n) is 7.31. The first-order valence-corrected chi connectivity index (χ1v) is 8.19. The third kappa shape index (κ3) is 4.30. The van der Waals surface area contributed by atoms with E-state index in [2.05, 4.69) is 10.3 Å². The number of pyridine rings is 1. The number of hydrogen-bond donors (Lipinski definition) is 2. The summed E-state index contributed by atoms with van der Waals surface area (Å²) >= 11 is 1.66. The molecule has 0 saturated carbocycles. The van der Waals surface area contributed by atoms with Crippen molar-refractivity contribution in [3.63, 3.8) is 0 Å². The summed E-state index contributed by atoms with van der Waals surface area (Å²) in [7, 11) is 0. The molecule has 4 nitrogen and oxygen atoms in total. The van der Waals surface area contributed by atoms with Crippen LogP contribution in [-0.4, -0.2) is 16.0 Å². The number of aromatic nitrogens is 1. The molecule has 0 aliphatic rings. The fourth-order valence-corrected chi connectivity index (χ4v) is 2.61. The second kappa shape index (κ2) is 7.57. The molecule has 2 heterocycles. The molecule has 1 radical (unpaired) electrons. The Bertz CT molecular complexity index is 823. The molecule has 1 amide bonds. The van der Waals surface area contributed by atoms with Gasteiger partial charge < -0.3 is 10.4 Å². The van der Waals surface area contributed by atoms with E-state index in [0.29, 0.717) is 5.56 Å². The molecule has 0 atom stereocenters. The Kier molecular flexibility index (Phi) is 5.03. The number of benzene rings is 1. The van der Waals surface area contributed by atoms with E-state index in [1.54, 1.807) is 60.5 Å². The van der Waals surface area contributed by atoms with Crippen LogP contribution in [0.25, 0.3) is 12.2 Å². The Labute approximate surface area is 144 Å². The molecule has 3 aromatic rings. The largest absolute Gasteiger partial charge is 0.508 e. The zero-order valence-corrected chi connectivity index (χ0v) is 13.5. The molecule has 5 heteroatoms. The van der Waals surface area contributed by atoms with Gasteiger partial charge in [0, 0.05) is 11.1 Å². The number of phenols is 1. The molecule has 3 rings (SSSR count). The Hall–Kier alpha value is -2.92. The van der Waals surface area contributed by atoms with Crippen LogP contribution in [0.2, 0.25) is 0 Å². The Morgan fingerprint density at radius 1 is 1.08 bits per heavy atom. The summed E-state index contributed by atoms with van der Waals surface area (Å²) in [6.07, 6.45) is 5.45. The van der Waals surface area contributed by atoms with Crippen molar-refractivity contribution in [3.05, 3.63) is 88.4 Å². The zero-order chi connectivity index (χ0) is 16.8. The topological polar surface area (TPSA) is 62.2 Å². The van der Waals surface area contributed by atoms with Gasteiger partial charge in [0.2, 0.25) is 0 Å². The molecule has 24 heavy (non-hydrogen) atoms. The standard InChI is InChI=1S/C19H15N2O2S/c22-17-8-3-14(4-9-17)12-21-19(23)15-5-6-16(20-13-15)7-10-18-2-1-11-24-18/h1-13,22H,(H,21,23). The summed E-state index contributed by atoms with van der Waals surface area (Å²) in [6.45, 7) is 1.59. The number of phenolic OH excluding ortho intramolecular Hbond substituents is 1. The lowest BCUT2D eigenvalue weighted by atomic mass is 10.2. The van der Waals surface area contributed by atoms with Crippen LogP contribution in [0.5, 0.6) is 5.75 Å². The maximum Gasteiger partial charge on any atom is 0.253 e. The monoisotopic (exact) mass is 335 g/mol. The highest BCUT2D eigenvalue weighted by Gasteiger charge is 2.06. The molecule has 1 aromatic carbocycles. The Balaban J connectivity index is 1.58. The van der Waals surface area contributed by atoms with Crippen molar-refractivity contribution in [2.75, 3.05) is 0 Å². The van der Waals surface area contributed by atoms with Crippen molar-refractivity contribution in [1.29, 1.82) is 0 Å². The number of aromatic hydroxyl groups is 1. The Morgan fingerprint density at radius 2 is 1.92 bits per heavy atom. The van der Waals surface area contributed by atoms with Crippen LogP contribution in [0.15, 0.2) is 60.1 Å². The second-order valence-electron chi connectivity index (χ2n) is 5.03. The number of rotatable bonds is 5. The summed E-state index contributed by atoms with van der Waals surface area (Å²) < 4.78 is 0. The van der Waals surface area contributed by atoms with Gasteiger partial charge in [-0.05, 0) is 53.4 Å². The predicted octanol–water partition coefficient (Wildman–Crippen LogP) is 3.96. The summed E-state index contributed by atoms with van der Waals surface area (Å²) in [5.41, 5.74) is 2.07. The minimum absolute atomic E-state index is 0.189. The average molecular weight is 335 g/mol. The van der Waals surface area contributed by atoms with E-state index in [-0.39, 0.29) is 11.7 Å². The summed E-state index contributed by atoms with van der Waals surface area (Å²) in [4.78, 5) is 17.5. The van der Waals surface area contributed by atoms with Crippen molar-refractivity contribution in [2.45, 2.75) is 0 Å². The van der Waals surface area contributed by atoms with Gasteiger partial charge in [0.1, 0.15) is 5.75 Å². The molecule has 0 aliphatic heterocycles. The normalized spacial score (nSPS) is 10.8. The second-order valence-corrected chi connectivity index (χ2v) is 6.01. The predicted molar refractivity (Wildman–Crippen MR) is 96.5 cm³/mol. The van der Waals surface area contributed by atoms with Crippen molar-refractivity contribution in [1.82, 2.24) is 10.3 Å². The van der Waals surface area contributed by atoms with Crippen LogP contribution < -0.4 is 5.32 Å². The van der Waals surface area contributed by atoms with Gasteiger partial charge in [0.25, 0.3) is 5.91 Å². The quantitative estimate of drug-likeness (QED) is 0.742. The van der Waals surface area contributed by atoms with Crippen LogP contribution in [-0.2, 0) is 0 Å². The highest BCUT2D eigenvalue weighted by atomic mass is 32.1. The minimum atomic E-state index is -0.232. The van der Waals surface area contributed by atoms with Gasteiger partial charge in [-0.15, -0.1) is 11.3 Å². The van der Waals surface area contributed by atoms with E-state index in [9.17, 15) is 9.90 Å². The van der Waals surface area contributed by atoms with Crippen molar-refractivity contribution in [2.24, 2.45) is 0 Å². The molecule has 0 unspecified atom stereocenters. The molecular weight excluding hydrogens is 320 g/mol. The molecule has 0 aliphatic carbocycles. The highest BCUT2D eigenvalue weighted by molar-refractivity contribution is 7.10. The van der Waals surface area contributed by atoms with E-state index < -0.39 is 0 Å². The van der Waals surface area contributed by atoms with E-state index in [4.69, 9.17) is 0 Å². The smallest absolute Gasteiger partial charge is 0.253 e. The SMILES string of the molecule is O=C(N[CH]c1ccc(O)cc1)c1ccc(C=Cc2cccs2)nc1. The molecule has 0 fully saturated rings. The molecular formula is C19H15N2O2S. The van der Waals surface area contributed by atoms with Crippen LogP contribution in [0, 0.1) is 6.54 Å². The van der Waals surface area contributed by atoms with Gasteiger partial charge in [0.05, 0.1) is 17.8 Å². The zero-order valence-electron chi connectivity index (χ0n) is 12.7. The van der Waals surface area contributed by atoms with Crippen molar-refractivity contribution >= 4 is 29.4 Å². The first-order chi connectivity index (χ1) is 11.7. The number of hydrogen-bond acceptors (Lipinski definition) is 4. The highest BCUT2D eigenvalue weighted by Crippen LogP contribution is 2.13. The third-order valence-electron chi connectivity index (χ3n) is 3.27.